The molecule has 0 heterocycles. The molecule has 7 heteroatoms. The predicted octanol–water partition coefficient (Wildman–Crippen LogP) is 3.54. The minimum absolute atomic E-state index is 0.0715. The number of para-hydroxylation sites is 1. The first-order chi connectivity index (χ1) is 11.4. The molecule has 0 aliphatic rings. The molecule has 2 aromatic carbocycles. The highest BCUT2D eigenvalue weighted by Crippen LogP contribution is 2.28. The molecule has 0 aromatic heterocycles. The summed E-state index contributed by atoms with van der Waals surface area (Å²) < 4.78 is 27.3. The van der Waals surface area contributed by atoms with Gasteiger partial charge in [-0.15, -0.1) is 6.58 Å². The van der Waals surface area contributed by atoms with Crippen LogP contribution in [0.4, 0.5) is 11.4 Å². The number of rotatable bonds is 7. The summed E-state index contributed by atoms with van der Waals surface area (Å²) in [5.74, 6) is 0. The van der Waals surface area contributed by atoms with Gasteiger partial charge in [-0.1, -0.05) is 37.3 Å². The summed E-state index contributed by atoms with van der Waals surface area (Å²) in [4.78, 5) is 10.2. The Morgan fingerprint density at radius 1 is 1.21 bits per heavy atom. The number of aryl methyl sites for hydroxylation is 1. The predicted molar refractivity (Wildman–Crippen MR) is 93.6 cm³/mol. The smallest absolute Gasteiger partial charge is 0.262 e. The molecule has 0 atom stereocenters. The maximum atomic E-state index is 13.0. The Morgan fingerprint density at radius 2 is 1.92 bits per heavy atom. The first kappa shape index (κ1) is 17.7. The normalized spacial score (nSPS) is 11.0. The first-order valence-electron chi connectivity index (χ1n) is 7.37. The molecule has 2 rings (SSSR count). The minimum Gasteiger partial charge on any atom is -0.262 e. The van der Waals surface area contributed by atoms with Crippen LogP contribution >= 0.6 is 0 Å². The summed E-state index contributed by atoms with van der Waals surface area (Å²) in [6.45, 7) is 5.63. The quantitative estimate of drug-likeness (QED) is 0.436. The number of hydrogen-bond acceptors (Lipinski definition) is 4. The minimum atomic E-state index is -3.95. The van der Waals surface area contributed by atoms with Crippen molar-refractivity contribution in [1.29, 1.82) is 0 Å². The second-order valence-electron chi connectivity index (χ2n) is 5.06. The van der Waals surface area contributed by atoms with Crippen LogP contribution < -0.4 is 4.31 Å². The lowest BCUT2D eigenvalue weighted by Crippen LogP contribution is -2.32. The third-order valence-electron chi connectivity index (χ3n) is 3.55. The van der Waals surface area contributed by atoms with Crippen molar-refractivity contribution >= 4 is 21.4 Å². The molecule has 6 nitrogen and oxygen atoms in total. The Labute approximate surface area is 141 Å². The van der Waals surface area contributed by atoms with Crippen molar-refractivity contribution in [2.45, 2.75) is 18.2 Å². The average Bonchev–Trinajstić information content (AvgIpc) is 2.59. The molecule has 0 aliphatic carbocycles. The van der Waals surface area contributed by atoms with Crippen LogP contribution in [0.5, 0.6) is 0 Å². The van der Waals surface area contributed by atoms with Crippen LogP contribution in [0.1, 0.15) is 12.5 Å². The number of hydrogen-bond donors (Lipinski definition) is 0. The van der Waals surface area contributed by atoms with Gasteiger partial charge in [-0.3, -0.25) is 14.4 Å². The van der Waals surface area contributed by atoms with Crippen LogP contribution in [0.3, 0.4) is 0 Å². The van der Waals surface area contributed by atoms with Gasteiger partial charge in [0.05, 0.1) is 22.1 Å². The van der Waals surface area contributed by atoms with Crippen LogP contribution in [0.15, 0.2) is 66.1 Å². The van der Waals surface area contributed by atoms with Crippen LogP contribution in [-0.4, -0.2) is 19.9 Å². The highest BCUT2D eigenvalue weighted by molar-refractivity contribution is 7.92. The molecule has 0 bridgehead atoms. The van der Waals surface area contributed by atoms with Gasteiger partial charge in [0.15, 0.2) is 0 Å². The van der Waals surface area contributed by atoms with Crippen molar-refractivity contribution in [3.8, 4) is 0 Å². The lowest BCUT2D eigenvalue weighted by Gasteiger charge is -2.25. The van der Waals surface area contributed by atoms with Crippen molar-refractivity contribution in [3.63, 3.8) is 0 Å². The molecule has 0 radical (unpaired) electrons. The van der Waals surface area contributed by atoms with Crippen molar-refractivity contribution in [2.24, 2.45) is 0 Å². The molecule has 0 fully saturated rings. The first-order valence-corrected chi connectivity index (χ1v) is 8.81. The van der Waals surface area contributed by atoms with E-state index in [1.165, 1.54) is 28.6 Å². The zero-order chi connectivity index (χ0) is 17.7. The zero-order valence-electron chi connectivity index (χ0n) is 13.3. The largest absolute Gasteiger partial charge is 0.270 e. The van der Waals surface area contributed by atoms with E-state index in [1.54, 1.807) is 12.1 Å². The second-order valence-corrected chi connectivity index (χ2v) is 6.92. The molecular weight excluding hydrogens is 328 g/mol. The summed E-state index contributed by atoms with van der Waals surface area (Å²) in [7, 11) is -3.95. The van der Waals surface area contributed by atoms with E-state index in [-0.39, 0.29) is 17.1 Å². The molecule has 0 saturated carbocycles. The van der Waals surface area contributed by atoms with E-state index < -0.39 is 14.9 Å². The summed E-state index contributed by atoms with van der Waals surface area (Å²) in [5, 5.41) is 10.9. The zero-order valence-corrected chi connectivity index (χ0v) is 14.1. The monoisotopic (exact) mass is 346 g/mol. The fourth-order valence-corrected chi connectivity index (χ4v) is 3.89. The van der Waals surface area contributed by atoms with E-state index in [1.807, 2.05) is 19.1 Å². The lowest BCUT2D eigenvalue weighted by molar-refractivity contribution is -0.385. The van der Waals surface area contributed by atoms with Crippen molar-refractivity contribution in [3.05, 3.63) is 76.9 Å². The SMILES string of the molecule is C=CCN(c1ccccc1CC)S(=O)(=O)c1cccc([N+](=O)[O-])c1. The topological polar surface area (TPSA) is 80.5 Å². The van der Waals surface area contributed by atoms with E-state index >= 15 is 0 Å². The fourth-order valence-electron chi connectivity index (χ4n) is 2.38. The van der Waals surface area contributed by atoms with Crippen molar-refractivity contribution < 1.29 is 13.3 Å². The molecular formula is C17H18N2O4S. The van der Waals surface area contributed by atoms with E-state index in [0.29, 0.717) is 12.1 Å². The highest BCUT2D eigenvalue weighted by Gasteiger charge is 2.26. The third-order valence-corrected chi connectivity index (χ3v) is 5.33. The van der Waals surface area contributed by atoms with Crippen LogP contribution in [-0.2, 0) is 16.4 Å². The fraction of sp³-hybridized carbons (Fsp3) is 0.176. The van der Waals surface area contributed by atoms with Gasteiger partial charge in [-0.2, -0.15) is 0 Å². The molecule has 0 saturated heterocycles. The average molecular weight is 346 g/mol. The van der Waals surface area contributed by atoms with Gasteiger partial charge >= 0.3 is 0 Å². The second kappa shape index (κ2) is 7.27. The van der Waals surface area contributed by atoms with Gasteiger partial charge in [0.25, 0.3) is 15.7 Å². The number of nitrogens with zero attached hydrogens (tertiary/aromatic N) is 2. The molecule has 2 aromatic rings. The van der Waals surface area contributed by atoms with E-state index in [9.17, 15) is 18.5 Å². The van der Waals surface area contributed by atoms with E-state index in [4.69, 9.17) is 0 Å². The van der Waals surface area contributed by atoms with Gasteiger partial charge in [0.2, 0.25) is 0 Å². The van der Waals surface area contributed by atoms with Gasteiger partial charge < -0.3 is 0 Å². The molecule has 0 amide bonds. The molecule has 0 unspecified atom stereocenters. The van der Waals surface area contributed by atoms with Crippen LogP contribution in [0.2, 0.25) is 0 Å². The number of benzene rings is 2. The Balaban J connectivity index is 2.59. The maximum Gasteiger partial charge on any atom is 0.270 e. The van der Waals surface area contributed by atoms with Gasteiger partial charge in [0, 0.05) is 12.1 Å². The summed E-state index contributed by atoms with van der Waals surface area (Å²) in [6.07, 6.45) is 2.15. The highest BCUT2D eigenvalue weighted by atomic mass is 32.2. The number of anilines is 1. The molecule has 126 valence electrons. The number of nitro benzene ring substituents is 1. The number of sulfonamides is 1. The Hall–Kier alpha value is -2.67. The Morgan fingerprint density at radius 3 is 2.54 bits per heavy atom. The van der Waals surface area contributed by atoms with Gasteiger partial charge in [-0.05, 0) is 24.1 Å². The molecule has 0 N–H and O–H groups in total. The Kier molecular flexibility index (Phi) is 5.35. The third kappa shape index (κ3) is 3.46. The Bertz CT molecular complexity index is 862. The van der Waals surface area contributed by atoms with Crippen molar-refractivity contribution in [1.82, 2.24) is 0 Å². The molecule has 24 heavy (non-hydrogen) atoms. The standard InChI is InChI=1S/C17H18N2O4S/c1-3-12-18(17-11-6-5-8-14(17)4-2)24(22,23)16-10-7-9-15(13-16)19(20)21/h3,5-11,13H,1,4,12H2,2H3. The molecule has 0 aliphatic heterocycles. The van der Waals surface area contributed by atoms with Gasteiger partial charge in [0.1, 0.15) is 0 Å². The summed E-state index contributed by atoms with van der Waals surface area (Å²) in [5.41, 5.74) is 1.15. The van der Waals surface area contributed by atoms with E-state index in [2.05, 4.69) is 6.58 Å². The van der Waals surface area contributed by atoms with Crippen LogP contribution in [0.25, 0.3) is 0 Å². The summed E-state index contributed by atoms with van der Waals surface area (Å²) >= 11 is 0. The van der Waals surface area contributed by atoms with Crippen LogP contribution in [0, 0.1) is 10.1 Å². The lowest BCUT2D eigenvalue weighted by atomic mass is 10.1. The molecule has 0 spiro atoms. The maximum absolute atomic E-state index is 13.0. The number of non-ortho nitro benzene ring substituents is 1. The van der Waals surface area contributed by atoms with E-state index in [0.717, 1.165) is 11.6 Å². The van der Waals surface area contributed by atoms with Crippen molar-refractivity contribution in [2.75, 3.05) is 10.8 Å². The summed E-state index contributed by atoms with van der Waals surface area (Å²) in [6, 6.07) is 12.2. The number of nitro groups is 1. The van der Waals surface area contributed by atoms with Gasteiger partial charge in [-0.25, -0.2) is 8.42 Å².